The Labute approximate surface area is 176 Å². The standard InChI is InChI=1S/C21H21N3O3S2/c1-13(2)8-9-27-15-7-6-14(11-16(15)26-3)12-18-20(25)24-21(29-18)22-19(23-24)17-5-4-10-28-17/h4-7,10-13H,8-9H2,1-3H3/b18-12-. The summed E-state index contributed by atoms with van der Waals surface area (Å²) in [5.41, 5.74) is 0.690. The summed E-state index contributed by atoms with van der Waals surface area (Å²) in [5.74, 6) is 2.51. The number of hydrogen-bond acceptors (Lipinski definition) is 7. The molecule has 0 bridgehead atoms. The summed E-state index contributed by atoms with van der Waals surface area (Å²) < 4.78 is 13.2. The lowest BCUT2D eigenvalue weighted by atomic mass is 10.1. The highest BCUT2D eigenvalue weighted by atomic mass is 32.1. The van der Waals surface area contributed by atoms with Gasteiger partial charge in [-0.3, -0.25) is 4.79 Å². The Kier molecular flexibility index (Phi) is 5.64. The summed E-state index contributed by atoms with van der Waals surface area (Å²) in [6, 6.07) is 9.55. The van der Waals surface area contributed by atoms with Crippen LogP contribution in [0.2, 0.25) is 0 Å². The Bertz CT molecular complexity index is 1230. The number of fused-ring (bicyclic) bond motifs is 1. The zero-order valence-electron chi connectivity index (χ0n) is 16.4. The van der Waals surface area contributed by atoms with Crippen molar-refractivity contribution in [3.63, 3.8) is 0 Å². The molecule has 0 saturated carbocycles. The lowest BCUT2D eigenvalue weighted by Crippen LogP contribution is -2.23. The summed E-state index contributed by atoms with van der Waals surface area (Å²) in [7, 11) is 1.61. The topological polar surface area (TPSA) is 65.7 Å². The van der Waals surface area contributed by atoms with Crippen LogP contribution in [0.25, 0.3) is 21.7 Å². The summed E-state index contributed by atoms with van der Waals surface area (Å²) in [4.78, 5) is 18.8. The second-order valence-electron chi connectivity index (χ2n) is 6.96. The van der Waals surface area contributed by atoms with Crippen molar-refractivity contribution in [1.29, 1.82) is 0 Å². The summed E-state index contributed by atoms with van der Waals surface area (Å²) in [5, 5.41) is 6.33. The highest BCUT2D eigenvalue weighted by Gasteiger charge is 2.13. The first kappa shape index (κ1) is 19.6. The second kappa shape index (κ2) is 8.34. The number of aromatic nitrogens is 3. The van der Waals surface area contributed by atoms with E-state index in [1.807, 2.05) is 41.8 Å². The molecule has 150 valence electrons. The Balaban J connectivity index is 1.63. The molecule has 4 rings (SSSR count). The zero-order valence-corrected chi connectivity index (χ0v) is 18.0. The third kappa shape index (κ3) is 4.18. The van der Waals surface area contributed by atoms with Crippen LogP contribution in [0.15, 0.2) is 40.5 Å². The Hall–Kier alpha value is -2.71. The number of nitrogens with zero attached hydrogens (tertiary/aromatic N) is 3. The first-order valence-electron chi connectivity index (χ1n) is 9.31. The molecule has 0 N–H and O–H groups in total. The van der Waals surface area contributed by atoms with Gasteiger partial charge in [-0.2, -0.15) is 9.50 Å². The maximum absolute atomic E-state index is 12.7. The van der Waals surface area contributed by atoms with Gasteiger partial charge in [0.25, 0.3) is 5.56 Å². The molecular formula is C21H21N3O3S2. The minimum Gasteiger partial charge on any atom is -0.493 e. The van der Waals surface area contributed by atoms with Gasteiger partial charge in [-0.1, -0.05) is 37.3 Å². The van der Waals surface area contributed by atoms with Crippen molar-refractivity contribution in [1.82, 2.24) is 14.6 Å². The molecule has 0 atom stereocenters. The fourth-order valence-corrected chi connectivity index (χ4v) is 4.35. The Morgan fingerprint density at radius 3 is 2.79 bits per heavy atom. The van der Waals surface area contributed by atoms with Crippen LogP contribution < -0.4 is 19.6 Å². The minimum atomic E-state index is -0.170. The van der Waals surface area contributed by atoms with E-state index in [4.69, 9.17) is 9.47 Å². The SMILES string of the molecule is COc1cc(/C=c2\sc3nc(-c4cccs4)nn3c2=O)ccc1OCCC(C)C. The average Bonchev–Trinajstić information content (AvgIpc) is 3.41. The van der Waals surface area contributed by atoms with Gasteiger partial charge >= 0.3 is 0 Å². The van der Waals surface area contributed by atoms with Crippen molar-refractivity contribution in [2.75, 3.05) is 13.7 Å². The predicted octanol–water partition coefficient (Wildman–Crippen LogP) is 3.86. The molecule has 29 heavy (non-hydrogen) atoms. The van der Waals surface area contributed by atoms with E-state index < -0.39 is 0 Å². The van der Waals surface area contributed by atoms with Crippen LogP contribution in [0, 0.1) is 5.92 Å². The van der Waals surface area contributed by atoms with Crippen molar-refractivity contribution >= 4 is 33.7 Å². The number of hydrogen-bond donors (Lipinski definition) is 0. The fourth-order valence-electron chi connectivity index (χ4n) is 2.79. The Morgan fingerprint density at radius 1 is 1.24 bits per heavy atom. The molecule has 6 nitrogen and oxygen atoms in total. The van der Waals surface area contributed by atoms with E-state index in [0.29, 0.717) is 39.3 Å². The molecular weight excluding hydrogens is 406 g/mol. The van der Waals surface area contributed by atoms with Gasteiger partial charge in [0.1, 0.15) is 0 Å². The number of rotatable bonds is 7. The fraction of sp³-hybridized carbons (Fsp3) is 0.286. The zero-order chi connectivity index (χ0) is 20.4. The smallest absolute Gasteiger partial charge is 0.291 e. The van der Waals surface area contributed by atoms with E-state index >= 15 is 0 Å². The second-order valence-corrected chi connectivity index (χ2v) is 8.92. The molecule has 3 aromatic heterocycles. The first-order valence-corrected chi connectivity index (χ1v) is 11.0. The van der Waals surface area contributed by atoms with E-state index in [0.717, 1.165) is 16.9 Å². The van der Waals surface area contributed by atoms with Crippen molar-refractivity contribution in [3.05, 3.63) is 56.2 Å². The van der Waals surface area contributed by atoms with E-state index in [9.17, 15) is 4.79 Å². The molecule has 0 radical (unpaired) electrons. The molecule has 8 heteroatoms. The highest BCUT2D eigenvalue weighted by Crippen LogP contribution is 2.29. The van der Waals surface area contributed by atoms with Gasteiger partial charge in [0.15, 0.2) is 17.3 Å². The summed E-state index contributed by atoms with van der Waals surface area (Å²) in [6.45, 7) is 4.96. The van der Waals surface area contributed by atoms with E-state index in [1.165, 1.54) is 15.9 Å². The van der Waals surface area contributed by atoms with Crippen molar-refractivity contribution in [2.45, 2.75) is 20.3 Å². The van der Waals surface area contributed by atoms with E-state index in [2.05, 4.69) is 23.9 Å². The quantitative estimate of drug-likeness (QED) is 0.448. The maximum atomic E-state index is 12.7. The van der Waals surface area contributed by atoms with Crippen LogP contribution in [0.1, 0.15) is 25.8 Å². The predicted molar refractivity (Wildman–Crippen MR) is 117 cm³/mol. The number of benzene rings is 1. The lowest BCUT2D eigenvalue weighted by Gasteiger charge is -2.12. The third-order valence-electron chi connectivity index (χ3n) is 4.36. The molecule has 4 aromatic rings. The van der Waals surface area contributed by atoms with Crippen molar-refractivity contribution in [3.8, 4) is 22.2 Å². The van der Waals surface area contributed by atoms with Gasteiger partial charge in [0.2, 0.25) is 4.96 Å². The molecule has 0 spiro atoms. The van der Waals surface area contributed by atoms with Gasteiger partial charge < -0.3 is 9.47 Å². The molecule has 3 heterocycles. The van der Waals surface area contributed by atoms with Crippen LogP contribution in [0.3, 0.4) is 0 Å². The number of methoxy groups -OCH3 is 1. The summed E-state index contributed by atoms with van der Waals surface area (Å²) in [6.07, 6.45) is 2.81. The molecule has 0 saturated heterocycles. The highest BCUT2D eigenvalue weighted by molar-refractivity contribution is 7.15. The average molecular weight is 428 g/mol. The van der Waals surface area contributed by atoms with Crippen LogP contribution in [-0.2, 0) is 0 Å². The number of thiazole rings is 1. The first-order chi connectivity index (χ1) is 14.0. The monoisotopic (exact) mass is 427 g/mol. The molecule has 0 aliphatic heterocycles. The molecule has 0 unspecified atom stereocenters. The number of ether oxygens (including phenoxy) is 2. The van der Waals surface area contributed by atoms with E-state index in [1.54, 1.807) is 18.4 Å². The molecule has 0 amide bonds. The van der Waals surface area contributed by atoms with Gasteiger partial charge in [-0.15, -0.1) is 16.4 Å². The normalized spacial score (nSPS) is 12.2. The van der Waals surface area contributed by atoms with Gasteiger partial charge in [0.05, 0.1) is 23.1 Å². The molecule has 0 fully saturated rings. The van der Waals surface area contributed by atoms with Crippen molar-refractivity contribution in [2.24, 2.45) is 5.92 Å². The molecule has 0 aliphatic rings. The summed E-state index contributed by atoms with van der Waals surface area (Å²) >= 11 is 2.88. The third-order valence-corrected chi connectivity index (χ3v) is 6.19. The van der Waals surface area contributed by atoms with Crippen LogP contribution in [0.4, 0.5) is 0 Å². The van der Waals surface area contributed by atoms with Crippen molar-refractivity contribution < 1.29 is 9.47 Å². The van der Waals surface area contributed by atoms with Gasteiger partial charge in [-0.25, -0.2) is 0 Å². The largest absolute Gasteiger partial charge is 0.493 e. The van der Waals surface area contributed by atoms with Crippen LogP contribution in [-0.4, -0.2) is 28.3 Å². The Morgan fingerprint density at radius 2 is 2.10 bits per heavy atom. The maximum Gasteiger partial charge on any atom is 0.291 e. The van der Waals surface area contributed by atoms with Gasteiger partial charge in [0, 0.05) is 0 Å². The molecule has 1 aromatic carbocycles. The molecule has 0 aliphatic carbocycles. The minimum absolute atomic E-state index is 0.170. The number of thiophene rings is 1. The lowest BCUT2D eigenvalue weighted by molar-refractivity contribution is 0.273. The van der Waals surface area contributed by atoms with Crippen LogP contribution in [0.5, 0.6) is 11.5 Å². The van der Waals surface area contributed by atoms with E-state index in [-0.39, 0.29) is 5.56 Å². The van der Waals surface area contributed by atoms with Crippen LogP contribution >= 0.6 is 22.7 Å². The van der Waals surface area contributed by atoms with Gasteiger partial charge in [-0.05, 0) is 47.6 Å².